The first-order chi connectivity index (χ1) is 10.5. The van der Waals surface area contributed by atoms with Gasteiger partial charge in [0.15, 0.2) is 0 Å². The number of carbonyl (C=O) groups excluding carboxylic acids is 1. The summed E-state index contributed by atoms with van der Waals surface area (Å²) in [5.74, 6) is 0.00744. The highest BCUT2D eigenvalue weighted by molar-refractivity contribution is 5.76. The van der Waals surface area contributed by atoms with E-state index in [1.807, 2.05) is 36.1 Å². The van der Waals surface area contributed by atoms with E-state index in [0.29, 0.717) is 39.2 Å². The molecule has 1 fully saturated rings. The van der Waals surface area contributed by atoms with Crippen LogP contribution in [0.5, 0.6) is 5.75 Å². The van der Waals surface area contributed by atoms with E-state index >= 15 is 0 Å². The summed E-state index contributed by atoms with van der Waals surface area (Å²) in [5.41, 5.74) is 1.12. The normalized spacial score (nSPS) is 15.6. The second-order valence-electron chi connectivity index (χ2n) is 5.47. The fraction of sp³-hybridized carbons (Fsp3) is 0.500. The second-order valence-corrected chi connectivity index (χ2v) is 5.47. The molecule has 120 valence electrons. The van der Waals surface area contributed by atoms with Crippen LogP contribution in [0.15, 0.2) is 24.3 Å². The monoisotopic (exact) mass is 306 g/mol. The maximum absolute atomic E-state index is 12.1. The molecule has 0 radical (unpaired) electrons. The first-order valence-electron chi connectivity index (χ1n) is 7.46. The second kappa shape index (κ2) is 7.79. The van der Waals surface area contributed by atoms with Gasteiger partial charge in [-0.3, -0.25) is 14.5 Å². The van der Waals surface area contributed by atoms with Crippen molar-refractivity contribution in [2.24, 2.45) is 0 Å². The van der Waals surface area contributed by atoms with E-state index in [0.717, 1.165) is 11.3 Å². The molecule has 1 aromatic rings. The number of rotatable bonds is 6. The van der Waals surface area contributed by atoms with Gasteiger partial charge in [-0.1, -0.05) is 12.1 Å². The van der Waals surface area contributed by atoms with Gasteiger partial charge < -0.3 is 14.7 Å². The molecule has 0 atom stereocenters. The van der Waals surface area contributed by atoms with Crippen LogP contribution >= 0.6 is 0 Å². The van der Waals surface area contributed by atoms with Crippen LogP contribution in [-0.2, 0) is 9.59 Å². The highest BCUT2D eigenvalue weighted by Crippen LogP contribution is 2.13. The van der Waals surface area contributed by atoms with Crippen LogP contribution in [0.1, 0.15) is 12.0 Å². The molecule has 6 heteroatoms. The van der Waals surface area contributed by atoms with E-state index in [9.17, 15) is 9.59 Å². The predicted molar refractivity (Wildman–Crippen MR) is 81.9 cm³/mol. The quantitative estimate of drug-likeness (QED) is 0.849. The lowest BCUT2D eigenvalue weighted by Gasteiger charge is -2.33. The lowest BCUT2D eigenvalue weighted by atomic mass is 10.2. The number of nitrogens with zero attached hydrogens (tertiary/aromatic N) is 2. The molecule has 1 aromatic carbocycles. The Morgan fingerprint density at radius 2 is 1.95 bits per heavy atom. The van der Waals surface area contributed by atoms with Gasteiger partial charge in [-0.15, -0.1) is 0 Å². The lowest BCUT2D eigenvalue weighted by molar-refractivity contribution is -0.139. The number of aryl methyl sites for hydroxylation is 1. The number of amides is 1. The number of carboxylic acid groups (broad SMARTS) is 1. The number of piperazine rings is 1. The SMILES string of the molecule is Cc1cccc(OCCC(=O)N2CCN(CC(=O)O)CC2)c1. The maximum atomic E-state index is 12.1. The molecule has 1 aliphatic rings. The first-order valence-corrected chi connectivity index (χ1v) is 7.46. The molecule has 1 heterocycles. The number of ether oxygens (including phenoxy) is 1. The zero-order valence-electron chi connectivity index (χ0n) is 12.8. The van der Waals surface area contributed by atoms with Gasteiger partial charge in [0, 0.05) is 26.2 Å². The lowest BCUT2D eigenvalue weighted by Crippen LogP contribution is -2.50. The molecule has 6 nitrogen and oxygen atoms in total. The minimum Gasteiger partial charge on any atom is -0.493 e. The summed E-state index contributed by atoms with van der Waals surface area (Å²) in [7, 11) is 0. The van der Waals surface area contributed by atoms with E-state index in [2.05, 4.69) is 0 Å². The Morgan fingerprint density at radius 3 is 2.59 bits per heavy atom. The van der Waals surface area contributed by atoms with E-state index in [1.54, 1.807) is 4.90 Å². The summed E-state index contributed by atoms with van der Waals surface area (Å²) in [5, 5.41) is 8.75. The number of carboxylic acids is 1. The summed E-state index contributed by atoms with van der Waals surface area (Å²) < 4.78 is 5.59. The van der Waals surface area contributed by atoms with Crippen LogP contribution in [0, 0.1) is 6.92 Å². The van der Waals surface area contributed by atoms with Gasteiger partial charge >= 0.3 is 5.97 Å². The van der Waals surface area contributed by atoms with Crippen LogP contribution in [0.2, 0.25) is 0 Å². The van der Waals surface area contributed by atoms with Crippen molar-refractivity contribution in [1.82, 2.24) is 9.80 Å². The van der Waals surface area contributed by atoms with Crippen molar-refractivity contribution < 1.29 is 19.4 Å². The number of hydrogen-bond acceptors (Lipinski definition) is 4. The molecule has 2 rings (SSSR count). The Labute approximate surface area is 130 Å². The molecule has 0 saturated carbocycles. The van der Waals surface area contributed by atoms with Gasteiger partial charge in [-0.25, -0.2) is 0 Å². The maximum Gasteiger partial charge on any atom is 0.317 e. The Morgan fingerprint density at radius 1 is 1.23 bits per heavy atom. The molecular weight excluding hydrogens is 284 g/mol. The molecule has 0 aliphatic carbocycles. The van der Waals surface area contributed by atoms with Gasteiger partial charge in [0.25, 0.3) is 0 Å². The van der Waals surface area contributed by atoms with Gasteiger partial charge in [-0.2, -0.15) is 0 Å². The van der Waals surface area contributed by atoms with E-state index in [1.165, 1.54) is 0 Å². The molecule has 22 heavy (non-hydrogen) atoms. The van der Waals surface area contributed by atoms with Crippen LogP contribution < -0.4 is 4.74 Å². The first kappa shape index (κ1) is 16.3. The number of carbonyl (C=O) groups is 2. The van der Waals surface area contributed by atoms with Crippen LogP contribution in [0.4, 0.5) is 0 Å². The average Bonchev–Trinajstić information content (AvgIpc) is 2.47. The minimum absolute atomic E-state index is 0.0402. The molecule has 1 N–H and O–H groups in total. The summed E-state index contributed by atoms with van der Waals surface area (Å²) >= 11 is 0. The van der Waals surface area contributed by atoms with E-state index in [4.69, 9.17) is 9.84 Å². The number of hydrogen-bond donors (Lipinski definition) is 1. The largest absolute Gasteiger partial charge is 0.493 e. The van der Waals surface area contributed by atoms with Crippen LogP contribution in [0.3, 0.4) is 0 Å². The Kier molecular flexibility index (Phi) is 5.77. The van der Waals surface area contributed by atoms with Gasteiger partial charge in [-0.05, 0) is 24.6 Å². The van der Waals surface area contributed by atoms with Gasteiger partial charge in [0.05, 0.1) is 19.6 Å². The highest BCUT2D eigenvalue weighted by Gasteiger charge is 2.21. The molecule has 0 aromatic heterocycles. The molecule has 1 amide bonds. The number of aliphatic carboxylic acids is 1. The minimum atomic E-state index is -0.827. The Bertz CT molecular complexity index is 525. The molecule has 0 bridgehead atoms. The van der Waals surface area contributed by atoms with E-state index < -0.39 is 5.97 Å². The molecular formula is C16H22N2O4. The third kappa shape index (κ3) is 5.04. The third-order valence-corrected chi connectivity index (χ3v) is 3.66. The summed E-state index contributed by atoms with van der Waals surface area (Å²) in [6, 6.07) is 7.74. The number of benzene rings is 1. The highest BCUT2D eigenvalue weighted by atomic mass is 16.5. The summed E-state index contributed by atoms with van der Waals surface area (Å²) in [6.45, 7) is 4.77. The molecule has 1 saturated heterocycles. The summed E-state index contributed by atoms with van der Waals surface area (Å²) in [4.78, 5) is 26.4. The fourth-order valence-electron chi connectivity index (χ4n) is 2.47. The third-order valence-electron chi connectivity index (χ3n) is 3.66. The van der Waals surface area contributed by atoms with Crippen LogP contribution in [0.25, 0.3) is 0 Å². The van der Waals surface area contributed by atoms with Crippen molar-refractivity contribution in [3.63, 3.8) is 0 Å². The topological polar surface area (TPSA) is 70.1 Å². The van der Waals surface area contributed by atoms with Crippen molar-refractivity contribution in [1.29, 1.82) is 0 Å². The van der Waals surface area contributed by atoms with Crippen molar-refractivity contribution in [2.45, 2.75) is 13.3 Å². The van der Waals surface area contributed by atoms with Crippen molar-refractivity contribution in [2.75, 3.05) is 39.3 Å². The zero-order chi connectivity index (χ0) is 15.9. The van der Waals surface area contributed by atoms with Gasteiger partial charge in [0.2, 0.25) is 5.91 Å². The fourth-order valence-corrected chi connectivity index (χ4v) is 2.47. The molecule has 0 spiro atoms. The van der Waals surface area contributed by atoms with Crippen molar-refractivity contribution >= 4 is 11.9 Å². The Balaban J connectivity index is 1.69. The van der Waals surface area contributed by atoms with Crippen molar-refractivity contribution in [3.8, 4) is 5.75 Å². The van der Waals surface area contributed by atoms with Crippen molar-refractivity contribution in [3.05, 3.63) is 29.8 Å². The predicted octanol–water partition coefficient (Wildman–Crippen LogP) is 0.993. The summed E-state index contributed by atoms with van der Waals surface area (Å²) in [6.07, 6.45) is 0.340. The molecule has 1 aliphatic heterocycles. The standard InChI is InChI=1S/C16H22N2O4/c1-13-3-2-4-14(11-13)22-10-5-15(19)18-8-6-17(7-9-18)12-16(20)21/h2-4,11H,5-10,12H2,1H3,(H,20,21). The zero-order valence-corrected chi connectivity index (χ0v) is 12.8. The van der Waals surface area contributed by atoms with E-state index in [-0.39, 0.29) is 12.5 Å². The Hall–Kier alpha value is -2.08. The van der Waals surface area contributed by atoms with Gasteiger partial charge in [0.1, 0.15) is 5.75 Å². The molecule has 0 unspecified atom stereocenters. The smallest absolute Gasteiger partial charge is 0.317 e. The van der Waals surface area contributed by atoms with Crippen LogP contribution in [-0.4, -0.2) is 66.1 Å². The average molecular weight is 306 g/mol.